The number of aromatic nitrogens is 1. The fourth-order valence-corrected chi connectivity index (χ4v) is 7.07. The molecule has 0 N–H and O–H groups in total. The number of cyclic esters (lactones) is 1. The van der Waals surface area contributed by atoms with E-state index in [-0.39, 0.29) is 19.2 Å². The summed E-state index contributed by atoms with van der Waals surface area (Å²) in [6.45, 7) is 16.6. The van der Waals surface area contributed by atoms with Crippen LogP contribution >= 0.6 is 0 Å². The first-order valence-electron chi connectivity index (χ1n) is 17.5. The van der Waals surface area contributed by atoms with Gasteiger partial charge in [0.2, 0.25) is 0 Å². The van der Waals surface area contributed by atoms with Crippen LogP contribution in [0.2, 0.25) is 0 Å². The number of carbonyl (C=O) groups excluding carboxylic acids is 2. The number of esters is 2. The van der Waals surface area contributed by atoms with E-state index in [1.54, 1.807) is 6.92 Å². The molecule has 0 spiro atoms. The van der Waals surface area contributed by atoms with Gasteiger partial charge in [0.25, 0.3) is 0 Å². The zero-order valence-corrected chi connectivity index (χ0v) is 29.3. The molecule has 1 aliphatic heterocycles. The van der Waals surface area contributed by atoms with Gasteiger partial charge in [0.15, 0.2) is 5.60 Å². The van der Waals surface area contributed by atoms with E-state index in [1.807, 2.05) is 42.5 Å². The molecule has 1 aromatic heterocycles. The zero-order chi connectivity index (χ0) is 34.3. The zero-order valence-electron chi connectivity index (χ0n) is 29.3. The van der Waals surface area contributed by atoms with Gasteiger partial charge in [-0.05, 0) is 58.4 Å². The van der Waals surface area contributed by atoms with Crippen molar-refractivity contribution in [3.63, 3.8) is 0 Å². The third kappa shape index (κ3) is 6.73. The standard InChI is InChI=1S/C41H50N2O5/c1-7-10-11-12-13-18-25-43-30(6)38(33-20-15-17-22-36(33)43)41(34-21-16-14-19-32(34)40(45)48-41)35-24-23-31(42(8-2)9-3)28-37(35)46-26-27-47-39(44)29(4)5/h14-17,19-24,28H,4,7-13,18,25-27H2,1-3,5-6H3. The average molecular weight is 651 g/mol. The van der Waals surface area contributed by atoms with E-state index >= 15 is 0 Å². The number of hydrogen-bond acceptors (Lipinski definition) is 6. The van der Waals surface area contributed by atoms with Gasteiger partial charge in [-0.3, -0.25) is 0 Å². The van der Waals surface area contributed by atoms with Crippen LogP contribution in [-0.2, 0) is 26.4 Å². The van der Waals surface area contributed by atoms with Crippen molar-refractivity contribution in [2.24, 2.45) is 0 Å². The minimum atomic E-state index is -1.27. The van der Waals surface area contributed by atoms with E-state index in [4.69, 9.17) is 14.2 Å². The van der Waals surface area contributed by atoms with Crippen molar-refractivity contribution in [1.29, 1.82) is 0 Å². The van der Waals surface area contributed by atoms with Gasteiger partial charge in [0.05, 0.1) is 5.56 Å². The summed E-state index contributed by atoms with van der Waals surface area (Å²) in [6.07, 6.45) is 7.24. The molecule has 0 amide bonds. The molecule has 3 aromatic carbocycles. The van der Waals surface area contributed by atoms with E-state index in [0.29, 0.717) is 16.9 Å². The molecule has 1 atom stereocenters. The first-order valence-corrected chi connectivity index (χ1v) is 17.5. The maximum atomic E-state index is 13.8. The lowest BCUT2D eigenvalue weighted by Crippen LogP contribution is -2.32. The first-order chi connectivity index (χ1) is 23.3. The number of nitrogens with zero attached hydrogens (tertiary/aromatic N) is 2. The molecule has 4 aromatic rings. The fourth-order valence-electron chi connectivity index (χ4n) is 7.07. The maximum Gasteiger partial charge on any atom is 0.340 e. The van der Waals surface area contributed by atoms with Crippen molar-refractivity contribution in [2.45, 2.75) is 85.3 Å². The van der Waals surface area contributed by atoms with Crippen LogP contribution in [-0.4, -0.2) is 42.8 Å². The molecule has 48 heavy (non-hydrogen) atoms. The summed E-state index contributed by atoms with van der Waals surface area (Å²) in [7, 11) is 0. The normalized spacial score (nSPS) is 15.3. The van der Waals surface area contributed by atoms with Crippen LogP contribution < -0.4 is 9.64 Å². The molecule has 0 bridgehead atoms. The summed E-state index contributed by atoms with van der Waals surface area (Å²) < 4.78 is 21.0. The molecule has 1 aliphatic rings. The molecule has 0 saturated heterocycles. The SMILES string of the molecule is C=C(C)C(=O)OCCOc1cc(N(CC)CC)ccc1C1(c2c(C)n(CCCCCCCC)c3ccccc23)OC(=O)c2ccccc21. The Labute approximate surface area is 285 Å². The fraction of sp³-hybridized carbons (Fsp3) is 0.415. The van der Waals surface area contributed by atoms with Crippen molar-refractivity contribution in [1.82, 2.24) is 4.57 Å². The van der Waals surface area contributed by atoms with Crippen LogP contribution in [0.15, 0.2) is 78.9 Å². The van der Waals surface area contributed by atoms with Gasteiger partial charge in [0, 0.05) is 70.2 Å². The van der Waals surface area contributed by atoms with Crippen molar-refractivity contribution >= 4 is 28.5 Å². The highest BCUT2D eigenvalue weighted by molar-refractivity contribution is 5.99. The number of anilines is 1. The highest BCUT2D eigenvalue weighted by atomic mass is 16.6. The van der Waals surface area contributed by atoms with Crippen molar-refractivity contribution in [3.8, 4) is 5.75 Å². The van der Waals surface area contributed by atoms with Crippen LogP contribution in [0.5, 0.6) is 5.75 Å². The molecule has 1 unspecified atom stereocenters. The summed E-state index contributed by atoms with van der Waals surface area (Å²) in [5, 5.41) is 1.04. The number of ether oxygens (including phenoxy) is 3. The topological polar surface area (TPSA) is 70.0 Å². The van der Waals surface area contributed by atoms with Crippen molar-refractivity contribution in [2.75, 3.05) is 31.2 Å². The Morgan fingerprint density at radius 2 is 1.60 bits per heavy atom. The predicted octanol–water partition coefficient (Wildman–Crippen LogP) is 9.12. The Balaban J connectivity index is 1.68. The van der Waals surface area contributed by atoms with Gasteiger partial charge in [-0.15, -0.1) is 0 Å². The van der Waals surface area contributed by atoms with E-state index in [1.165, 1.54) is 32.1 Å². The number of fused-ring (bicyclic) bond motifs is 2. The first kappa shape index (κ1) is 34.8. The molecular weight excluding hydrogens is 600 g/mol. The molecule has 2 heterocycles. The van der Waals surface area contributed by atoms with Gasteiger partial charge < -0.3 is 23.7 Å². The van der Waals surface area contributed by atoms with Crippen LogP contribution in [0, 0.1) is 6.92 Å². The minimum absolute atomic E-state index is 0.0561. The van der Waals surface area contributed by atoms with Gasteiger partial charge >= 0.3 is 11.9 Å². The third-order valence-electron chi connectivity index (χ3n) is 9.49. The molecule has 0 aliphatic carbocycles. The van der Waals surface area contributed by atoms with Crippen LogP contribution in [0.3, 0.4) is 0 Å². The Hall–Kier alpha value is -4.52. The number of rotatable bonds is 17. The smallest absolute Gasteiger partial charge is 0.340 e. The quantitative estimate of drug-likeness (QED) is 0.0645. The Morgan fingerprint density at radius 3 is 2.35 bits per heavy atom. The number of aryl methyl sites for hydroxylation is 1. The number of unbranched alkanes of at least 4 members (excludes halogenated alkanes) is 5. The minimum Gasteiger partial charge on any atom is -0.489 e. The van der Waals surface area contributed by atoms with Crippen LogP contribution in [0.25, 0.3) is 10.9 Å². The second-order valence-electron chi connectivity index (χ2n) is 12.6. The van der Waals surface area contributed by atoms with Crippen LogP contribution in [0.4, 0.5) is 5.69 Å². The highest BCUT2D eigenvalue weighted by Gasteiger charge is 2.52. The summed E-state index contributed by atoms with van der Waals surface area (Å²) in [5.74, 6) is -0.256. The van der Waals surface area contributed by atoms with Gasteiger partial charge in [-0.25, -0.2) is 9.59 Å². The lowest BCUT2D eigenvalue weighted by molar-refractivity contribution is -0.139. The summed E-state index contributed by atoms with van der Waals surface area (Å²) in [4.78, 5) is 28.2. The molecule has 254 valence electrons. The monoisotopic (exact) mass is 650 g/mol. The Bertz CT molecular complexity index is 1770. The second kappa shape index (κ2) is 15.6. The number of carbonyl (C=O) groups is 2. The molecule has 7 heteroatoms. The maximum absolute atomic E-state index is 13.8. The molecule has 0 fully saturated rings. The predicted molar refractivity (Wildman–Crippen MR) is 193 cm³/mol. The second-order valence-corrected chi connectivity index (χ2v) is 12.6. The largest absolute Gasteiger partial charge is 0.489 e. The van der Waals surface area contributed by atoms with E-state index in [0.717, 1.165) is 65.0 Å². The Kier molecular flexibility index (Phi) is 11.3. The molecule has 0 radical (unpaired) electrons. The van der Waals surface area contributed by atoms with Gasteiger partial charge in [-0.1, -0.05) is 82.0 Å². The van der Waals surface area contributed by atoms with E-state index < -0.39 is 11.6 Å². The summed E-state index contributed by atoms with van der Waals surface area (Å²) in [6, 6.07) is 22.2. The average Bonchev–Trinajstić information content (AvgIpc) is 3.55. The van der Waals surface area contributed by atoms with Gasteiger partial charge in [-0.2, -0.15) is 0 Å². The Morgan fingerprint density at radius 1 is 0.896 bits per heavy atom. The number of hydrogen-bond donors (Lipinski definition) is 0. The molecular formula is C41H50N2O5. The van der Waals surface area contributed by atoms with E-state index in [9.17, 15) is 9.59 Å². The lowest BCUT2D eigenvalue weighted by atomic mass is 9.78. The summed E-state index contributed by atoms with van der Waals surface area (Å²) >= 11 is 0. The summed E-state index contributed by atoms with van der Waals surface area (Å²) in [5.41, 5.74) is 5.23. The van der Waals surface area contributed by atoms with Crippen molar-refractivity contribution < 1.29 is 23.8 Å². The van der Waals surface area contributed by atoms with Crippen LogP contribution in [0.1, 0.15) is 99.0 Å². The number of para-hydroxylation sites is 1. The van der Waals surface area contributed by atoms with Crippen molar-refractivity contribution in [3.05, 3.63) is 107 Å². The molecule has 5 rings (SSSR count). The number of benzene rings is 3. The third-order valence-corrected chi connectivity index (χ3v) is 9.49. The lowest BCUT2D eigenvalue weighted by Gasteiger charge is -2.33. The molecule has 0 saturated carbocycles. The van der Waals surface area contributed by atoms with Gasteiger partial charge in [0.1, 0.15) is 19.0 Å². The highest BCUT2D eigenvalue weighted by Crippen LogP contribution is 2.53. The van der Waals surface area contributed by atoms with E-state index in [2.05, 4.69) is 68.0 Å². The molecule has 7 nitrogen and oxygen atoms in total.